The summed E-state index contributed by atoms with van der Waals surface area (Å²) in [5.74, 6) is 0.113. The average Bonchev–Trinajstić information content (AvgIpc) is 3.20. The maximum atomic E-state index is 12.5. The number of rotatable bonds is 8. The maximum Gasteiger partial charge on any atom is 0.255 e. The Morgan fingerprint density at radius 1 is 1.11 bits per heavy atom. The second-order valence-electron chi connectivity index (χ2n) is 5.88. The van der Waals surface area contributed by atoms with Crippen LogP contribution in [0.25, 0.3) is 5.69 Å². The van der Waals surface area contributed by atoms with Gasteiger partial charge >= 0.3 is 0 Å². The van der Waals surface area contributed by atoms with E-state index in [0.29, 0.717) is 17.0 Å². The highest BCUT2D eigenvalue weighted by atomic mass is 16.5. The molecule has 0 radical (unpaired) electrons. The molecule has 8 nitrogen and oxygen atoms in total. The van der Waals surface area contributed by atoms with E-state index in [4.69, 9.17) is 15.2 Å². The first-order chi connectivity index (χ1) is 13.6. The van der Waals surface area contributed by atoms with Gasteiger partial charge in [0.1, 0.15) is 11.5 Å². The van der Waals surface area contributed by atoms with Crippen molar-refractivity contribution in [2.75, 3.05) is 13.7 Å². The number of nitrogens with zero attached hydrogens (tertiary/aromatic N) is 2. The number of hydrogen-bond donors (Lipinski definition) is 2. The number of methoxy groups -OCH3 is 1. The summed E-state index contributed by atoms with van der Waals surface area (Å²) in [6.07, 6.45) is 1.81. The average molecular weight is 380 g/mol. The largest absolute Gasteiger partial charge is 0.497 e. The number of aromatic nitrogens is 2. The highest BCUT2D eigenvalue weighted by Gasteiger charge is 2.13. The molecule has 1 heterocycles. The summed E-state index contributed by atoms with van der Waals surface area (Å²) in [4.78, 5) is 23.4. The van der Waals surface area contributed by atoms with Gasteiger partial charge in [-0.25, -0.2) is 4.68 Å². The van der Waals surface area contributed by atoms with Crippen LogP contribution in [0, 0.1) is 0 Å². The molecular weight excluding hydrogens is 360 g/mol. The predicted molar refractivity (Wildman–Crippen MR) is 102 cm³/mol. The Morgan fingerprint density at radius 2 is 1.86 bits per heavy atom. The number of para-hydroxylation sites is 1. The number of primary amides is 1. The first kappa shape index (κ1) is 19.0. The van der Waals surface area contributed by atoms with Crippen LogP contribution in [-0.4, -0.2) is 35.3 Å². The van der Waals surface area contributed by atoms with Gasteiger partial charge in [-0.05, 0) is 42.5 Å². The highest BCUT2D eigenvalue weighted by molar-refractivity contribution is 5.96. The molecule has 0 saturated carbocycles. The predicted octanol–water partition coefficient (Wildman–Crippen LogP) is 1.67. The van der Waals surface area contributed by atoms with Crippen LogP contribution in [0.15, 0.2) is 60.8 Å². The number of carbonyl (C=O) groups excluding carboxylic acids is 2. The fourth-order valence-corrected chi connectivity index (χ4v) is 2.53. The third-order valence-electron chi connectivity index (χ3n) is 3.91. The molecule has 0 aliphatic rings. The van der Waals surface area contributed by atoms with Crippen molar-refractivity contribution in [2.24, 2.45) is 5.73 Å². The first-order valence-corrected chi connectivity index (χ1v) is 8.54. The van der Waals surface area contributed by atoms with E-state index in [-0.39, 0.29) is 19.1 Å². The van der Waals surface area contributed by atoms with Crippen LogP contribution in [0.4, 0.5) is 0 Å². The van der Waals surface area contributed by atoms with Gasteiger partial charge < -0.3 is 20.5 Å². The molecule has 2 amide bonds. The van der Waals surface area contributed by atoms with Crippen molar-refractivity contribution in [1.82, 2.24) is 15.1 Å². The van der Waals surface area contributed by atoms with Gasteiger partial charge in [0, 0.05) is 6.20 Å². The lowest BCUT2D eigenvalue weighted by molar-refractivity contribution is -0.119. The van der Waals surface area contributed by atoms with E-state index >= 15 is 0 Å². The topological polar surface area (TPSA) is 108 Å². The van der Waals surface area contributed by atoms with Crippen LogP contribution in [-0.2, 0) is 11.3 Å². The molecule has 8 heteroatoms. The fraction of sp³-hybridized carbons (Fsp3) is 0.150. The van der Waals surface area contributed by atoms with E-state index in [2.05, 4.69) is 10.4 Å². The standard InChI is InChI=1S/C20H20N4O4/c1-27-16-8-6-15(7-9-16)24-11-10-14(23-24)12-22-20(26)17-4-2-3-5-18(17)28-13-19(21)25/h2-11H,12-13H2,1H3,(H2,21,25)(H,22,26). The van der Waals surface area contributed by atoms with Crippen molar-refractivity contribution < 1.29 is 19.1 Å². The van der Waals surface area contributed by atoms with Crippen LogP contribution in [0.2, 0.25) is 0 Å². The van der Waals surface area contributed by atoms with Gasteiger partial charge in [0.2, 0.25) is 0 Å². The SMILES string of the molecule is COc1ccc(-n2ccc(CNC(=O)c3ccccc3OCC(N)=O)n2)cc1. The second-order valence-corrected chi connectivity index (χ2v) is 5.88. The number of benzene rings is 2. The molecular formula is C20H20N4O4. The Bertz CT molecular complexity index is 966. The number of nitrogens with two attached hydrogens (primary N) is 1. The lowest BCUT2D eigenvalue weighted by atomic mass is 10.2. The number of nitrogens with one attached hydrogen (secondary N) is 1. The minimum Gasteiger partial charge on any atom is -0.497 e. The lowest BCUT2D eigenvalue weighted by Gasteiger charge is -2.10. The molecule has 28 heavy (non-hydrogen) atoms. The minimum atomic E-state index is -0.612. The third kappa shape index (κ3) is 4.67. The van der Waals surface area contributed by atoms with Crippen LogP contribution in [0.3, 0.4) is 0 Å². The molecule has 0 aliphatic heterocycles. The van der Waals surface area contributed by atoms with Gasteiger partial charge in [-0.3, -0.25) is 9.59 Å². The summed E-state index contributed by atoms with van der Waals surface area (Å²) in [7, 11) is 1.61. The Morgan fingerprint density at radius 3 is 2.57 bits per heavy atom. The molecule has 2 aromatic carbocycles. The lowest BCUT2D eigenvalue weighted by Crippen LogP contribution is -2.25. The molecule has 0 fully saturated rings. The van der Waals surface area contributed by atoms with Gasteiger partial charge in [-0.2, -0.15) is 5.10 Å². The summed E-state index contributed by atoms with van der Waals surface area (Å²) < 4.78 is 12.1. The first-order valence-electron chi connectivity index (χ1n) is 8.54. The molecule has 3 rings (SSSR count). The van der Waals surface area contributed by atoms with Gasteiger partial charge in [0.15, 0.2) is 6.61 Å². The zero-order valence-corrected chi connectivity index (χ0v) is 15.3. The van der Waals surface area contributed by atoms with Crippen molar-refractivity contribution in [3.8, 4) is 17.2 Å². The quantitative estimate of drug-likeness (QED) is 0.618. The number of hydrogen-bond acceptors (Lipinski definition) is 5. The fourth-order valence-electron chi connectivity index (χ4n) is 2.53. The normalized spacial score (nSPS) is 10.3. The summed E-state index contributed by atoms with van der Waals surface area (Å²) >= 11 is 0. The smallest absolute Gasteiger partial charge is 0.255 e. The Hall–Kier alpha value is -3.81. The van der Waals surface area contributed by atoms with Crippen LogP contribution in [0.1, 0.15) is 16.1 Å². The van der Waals surface area contributed by atoms with E-state index < -0.39 is 5.91 Å². The zero-order valence-electron chi connectivity index (χ0n) is 15.3. The molecule has 0 atom stereocenters. The molecule has 1 aromatic heterocycles. The summed E-state index contributed by atoms with van der Waals surface area (Å²) in [6, 6.07) is 15.9. The van der Waals surface area contributed by atoms with Crippen LogP contribution >= 0.6 is 0 Å². The molecule has 0 aliphatic carbocycles. The van der Waals surface area contributed by atoms with Crippen molar-refractivity contribution in [3.63, 3.8) is 0 Å². The van der Waals surface area contributed by atoms with Crippen molar-refractivity contribution in [1.29, 1.82) is 0 Å². The van der Waals surface area contributed by atoms with Crippen molar-refractivity contribution >= 4 is 11.8 Å². The van der Waals surface area contributed by atoms with Gasteiger partial charge in [-0.15, -0.1) is 0 Å². The molecule has 3 N–H and O–H groups in total. The zero-order chi connectivity index (χ0) is 19.9. The summed E-state index contributed by atoms with van der Waals surface area (Å²) in [5.41, 5.74) is 6.98. The molecule has 0 unspecified atom stereocenters. The number of amides is 2. The van der Waals surface area contributed by atoms with E-state index in [1.54, 1.807) is 36.1 Å². The van der Waals surface area contributed by atoms with Gasteiger partial charge in [-0.1, -0.05) is 12.1 Å². The van der Waals surface area contributed by atoms with E-state index in [1.807, 2.05) is 36.5 Å². The molecule has 0 bridgehead atoms. The highest BCUT2D eigenvalue weighted by Crippen LogP contribution is 2.18. The van der Waals surface area contributed by atoms with E-state index in [0.717, 1.165) is 11.4 Å². The molecule has 0 spiro atoms. The van der Waals surface area contributed by atoms with Crippen LogP contribution in [0.5, 0.6) is 11.5 Å². The minimum absolute atomic E-state index is 0.242. The van der Waals surface area contributed by atoms with Gasteiger partial charge in [0.05, 0.1) is 30.6 Å². The van der Waals surface area contributed by atoms with E-state index in [9.17, 15) is 9.59 Å². The Balaban J connectivity index is 1.64. The maximum absolute atomic E-state index is 12.5. The van der Waals surface area contributed by atoms with Gasteiger partial charge in [0.25, 0.3) is 11.8 Å². The monoisotopic (exact) mass is 380 g/mol. The molecule has 3 aromatic rings. The molecule has 0 saturated heterocycles. The third-order valence-corrected chi connectivity index (χ3v) is 3.91. The Labute approximate surface area is 161 Å². The van der Waals surface area contributed by atoms with Crippen molar-refractivity contribution in [3.05, 3.63) is 72.1 Å². The number of ether oxygens (including phenoxy) is 2. The summed E-state index contributed by atoms with van der Waals surface area (Å²) in [5, 5.41) is 7.25. The van der Waals surface area contributed by atoms with Crippen LogP contribution < -0.4 is 20.5 Å². The second kappa shape index (κ2) is 8.72. The van der Waals surface area contributed by atoms with E-state index in [1.165, 1.54) is 0 Å². The summed E-state index contributed by atoms with van der Waals surface area (Å²) in [6.45, 7) is -0.0529. The molecule has 144 valence electrons. The number of carbonyl (C=O) groups is 2. The van der Waals surface area contributed by atoms with Crippen molar-refractivity contribution in [2.45, 2.75) is 6.54 Å². The Kier molecular flexibility index (Phi) is 5.91.